The van der Waals surface area contributed by atoms with Crippen molar-refractivity contribution in [2.75, 3.05) is 32.1 Å². The van der Waals surface area contributed by atoms with Crippen molar-refractivity contribution in [1.82, 2.24) is 10.0 Å². The van der Waals surface area contributed by atoms with Gasteiger partial charge >= 0.3 is 0 Å². The summed E-state index contributed by atoms with van der Waals surface area (Å²) in [5.41, 5.74) is 2.34. The summed E-state index contributed by atoms with van der Waals surface area (Å²) in [5, 5.41) is 2.78. The molecule has 6 nitrogen and oxygen atoms in total. The van der Waals surface area contributed by atoms with Crippen molar-refractivity contribution in [3.05, 3.63) is 59.9 Å². The third-order valence-electron chi connectivity index (χ3n) is 4.19. The summed E-state index contributed by atoms with van der Waals surface area (Å²) >= 11 is 0. The van der Waals surface area contributed by atoms with E-state index in [0.717, 1.165) is 30.7 Å². The van der Waals surface area contributed by atoms with Crippen LogP contribution in [0, 0.1) is 5.82 Å². The highest BCUT2D eigenvalue weighted by Crippen LogP contribution is 2.13. The van der Waals surface area contributed by atoms with Crippen molar-refractivity contribution < 1.29 is 17.6 Å². The first-order chi connectivity index (χ1) is 13.3. The largest absolute Gasteiger partial charge is 0.378 e. The van der Waals surface area contributed by atoms with Gasteiger partial charge in [-0.15, -0.1) is 0 Å². The molecule has 0 atom stereocenters. The molecule has 2 aromatic carbocycles. The third kappa shape index (κ3) is 6.94. The first kappa shape index (κ1) is 21.8. The van der Waals surface area contributed by atoms with Gasteiger partial charge in [0, 0.05) is 39.3 Å². The van der Waals surface area contributed by atoms with Crippen LogP contribution in [0.4, 0.5) is 10.1 Å². The molecule has 0 aromatic heterocycles. The fourth-order valence-corrected chi connectivity index (χ4v) is 3.60. The van der Waals surface area contributed by atoms with E-state index in [2.05, 4.69) is 34.3 Å². The Bertz CT molecular complexity index is 867. The van der Waals surface area contributed by atoms with Crippen LogP contribution in [0.5, 0.6) is 0 Å². The summed E-state index contributed by atoms with van der Waals surface area (Å²) in [6, 6.07) is 12.8. The number of rotatable bonds is 10. The molecule has 0 heterocycles. The Morgan fingerprint density at radius 2 is 1.64 bits per heavy atom. The summed E-state index contributed by atoms with van der Waals surface area (Å²) in [5.74, 6) is -0.725. The lowest BCUT2D eigenvalue weighted by Gasteiger charge is -2.12. The lowest BCUT2D eigenvalue weighted by Crippen LogP contribution is -2.31. The predicted molar refractivity (Wildman–Crippen MR) is 108 cm³/mol. The molecule has 0 aliphatic rings. The summed E-state index contributed by atoms with van der Waals surface area (Å²) in [6.07, 6.45) is 1.69. The molecule has 2 aromatic rings. The van der Waals surface area contributed by atoms with E-state index < -0.39 is 15.8 Å². The molecule has 0 fully saturated rings. The Morgan fingerprint density at radius 1 is 1.00 bits per heavy atom. The molecule has 0 saturated heterocycles. The number of hydrogen-bond acceptors (Lipinski definition) is 4. The van der Waals surface area contributed by atoms with Crippen LogP contribution < -0.4 is 14.9 Å². The predicted octanol–water partition coefficient (Wildman–Crippen LogP) is 2.31. The minimum atomic E-state index is -3.74. The Morgan fingerprint density at radius 3 is 2.25 bits per heavy atom. The molecule has 1 amide bonds. The first-order valence-electron chi connectivity index (χ1n) is 9.06. The van der Waals surface area contributed by atoms with E-state index in [-0.39, 0.29) is 23.8 Å². The topological polar surface area (TPSA) is 78.5 Å². The Labute approximate surface area is 165 Å². The average molecular weight is 408 g/mol. The molecule has 0 spiro atoms. The van der Waals surface area contributed by atoms with Crippen molar-refractivity contribution in [3.63, 3.8) is 0 Å². The van der Waals surface area contributed by atoms with Crippen molar-refractivity contribution in [3.8, 4) is 0 Å². The lowest BCUT2D eigenvalue weighted by molar-refractivity contribution is -0.120. The number of halogens is 1. The molecule has 0 saturated carbocycles. The standard InChI is InChI=1S/C20H26FN3O3S/c1-24(2)18-9-5-16(6-10-18)4-3-14-22-20(25)13-15-23-28(26,27)19-11-7-17(21)8-12-19/h5-12,23H,3-4,13-15H2,1-2H3,(H,22,25). The second-order valence-corrected chi connectivity index (χ2v) is 8.38. The van der Waals surface area contributed by atoms with Crippen molar-refractivity contribution in [1.29, 1.82) is 0 Å². The van der Waals surface area contributed by atoms with Gasteiger partial charge in [0.25, 0.3) is 0 Å². The van der Waals surface area contributed by atoms with Crippen LogP contribution in [-0.4, -0.2) is 41.5 Å². The fraction of sp³-hybridized carbons (Fsp3) is 0.350. The number of nitrogens with one attached hydrogen (secondary N) is 2. The molecule has 8 heteroatoms. The van der Waals surface area contributed by atoms with Gasteiger partial charge < -0.3 is 10.2 Å². The molecule has 0 radical (unpaired) electrons. The fourth-order valence-electron chi connectivity index (χ4n) is 2.57. The maximum absolute atomic E-state index is 12.9. The number of anilines is 1. The second-order valence-electron chi connectivity index (χ2n) is 6.62. The normalized spacial score (nSPS) is 11.2. The highest BCUT2D eigenvalue weighted by atomic mass is 32.2. The lowest BCUT2D eigenvalue weighted by atomic mass is 10.1. The number of carbonyl (C=O) groups is 1. The maximum Gasteiger partial charge on any atom is 0.240 e. The number of aryl methyl sites for hydroxylation is 1. The maximum atomic E-state index is 12.9. The van der Waals surface area contributed by atoms with E-state index in [4.69, 9.17) is 0 Å². The van der Waals surface area contributed by atoms with Crippen molar-refractivity contribution >= 4 is 21.6 Å². The van der Waals surface area contributed by atoms with Gasteiger partial charge in [0.15, 0.2) is 0 Å². The molecule has 0 bridgehead atoms. The molecule has 152 valence electrons. The minimum absolute atomic E-state index is 0.0163. The molecule has 28 heavy (non-hydrogen) atoms. The van der Waals surface area contributed by atoms with Gasteiger partial charge in [-0.1, -0.05) is 12.1 Å². The molecule has 2 rings (SSSR count). The van der Waals surface area contributed by atoms with Gasteiger partial charge in [-0.25, -0.2) is 17.5 Å². The molecular weight excluding hydrogens is 381 g/mol. The average Bonchev–Trinajstić information content (AvgIpc) is 2.66. The van der Waals surface area contributed by atoms with Gasteiger partial charge in [0.1, 0.15) is 5.82 Å². The summed E-state index contributed by atoms with van der Waals surface area (Å²) < 4.78 is 39.3. The number of amides is 1. The quantitative estimate of drug-likeness (QED) is 0.593. The summed E-state index contributed by atoms with van der Waals surface area (Å²) in [6.45, 7) is 0.510. The van der Waals surface area contributed by atoms with Gasteiger partial charge in [-0.3, -0.25) is 4.79 Å². The van der Waals surface area contributed by atoms with Gasteiger partial charge in [-0.05, 0) is 54.8 Å². The van der Waals surface area contributed by atoms with Crippen LogP contribution >= 0.6 is 0 Å². The zero-order valence-corrected chi connectivity index (χ0v) is 16.9. The zero-order chi connectivity index (χ0) is 20.6. The monoisotopic (exact) mass is 407 g/mol. The van der Waals surface area contributed by atoms with Gasteiger partial charge in [0.05, 0.1) is 4.90 Å². The first-order valence-corrected chi connectivity index (χ1v) is 10.5. The van der Waals surface area contributed by atoms with E-state index in [1.54, 1.807) is 0 Å². The van der Waals surface area contributed by atoms with Crippen molar-refractivity contribution in [2.45, 2.75) is 24.2 Å². The van der Waals surface area contributed by atoms with Gasteiger partial charge in [-0.2, -0.15) is 0 Å². The van der Waals surface area contributed by atoms with E-state index in [0.29, 0.717) is 6.54 Å². The highest BCUT2D eigenvalue weighted by molar-refractivity contribution is 7.89. The highest BCUT2D eigenvalue weighted by Gasteiger charge is 2.14. The third-order valence-corrected chi connectivity index (χ3v) is 5.66. The number of carbonyl (C=O) groups excluding carboxylic acids is 1. The SMILES string of the molecule is CN(C)c1ccc(CCCNC(=O)CCNS(=O)(=O)c2ccc(F)cc2)cc1. The van der Waals surface area contributed by atoms with Crippen LogP contribution in [0.1, 0.15) is 18.4 Å². The molecule has 2 N–H and O–H groups in total. The number of benzene rings is 2. The number of sulfonamides is 1. The van der Waals surface area contributed by atoms with Gasteiger partial charge in [0.2, 0.25) is 15.9 Å². The minimum Gasteiger partial charge on any atom is -0.378 e. The summed E-state index contributed by atoms with van der Waals surface area (Å²) in [7, 11) is 0.237. The Kier molecular flexibility index (Phi) is 7.95. The molecule has 0 aliphatic carbocycles. The van der Waals surface area contributed by atoms with Crippen LogP contribution in [0.25, 0.3) is 0 Å². The summed E-state index contributed by atoms with van der Waals surface area (Å²) in [4.78, 5) is 13.8. The van der Waals surface area contributed by atoms with Crippen LogP contribution in [0.3, 0.4) is 0 Å². The van der Waals surface area contributed by atoms with Crippen molar-refractivity contribution in [2.24, 2.45) is 0 Å². The number of hydrogen-bond donors (Lipinski definition) is 2. The molecule has 0 aliphatic heterocycles. The smallest absolute Gasteiger partial charge is 0.240 e. The van der Waals surface area contributed by atoms with Crippen LogP contribution in [0.2, 0.25) is 0 Å². The van der Waals surface area contributed by atoms with Crippen LogP contribution in [0.15, 0.2) is 53.4 Å². The Hall–Kier alpha value is -2.45. The zero-order valence-electron chi connectivity index (χ0n) is 16.1. The van der Waals surface area contributed by atoms with E-state index in [1.807, 2.05) is 19.0 Å². The van der Waals surface area contributed by atoms with E-state index >= 15 is 0 Å². The Balaban J connectivity index is 1.65. The molecular formula is C20H26FN3O3S. The van der Waals surface area contributed by atoms with E-state index in [9.17, 15) is 17.6 Å². The number of nitrogens with zero attached hydrogens (tertiary/aromatic N) is 1. The second kappa shape index (κ2) is 10.2. The molecule has 0 unspecified atom stereocenters. The van der Waals surface area contributed by atoms with E-state index in [1.165, 1.54) is 17.7 Å². The van der Waals surface area contributed by atoms with Crippen LogP contribution in [-0.2, 0) is 21.2 Å².